The lowest BCUT2D eigenvalue weighted by molar-refractivity contribution is 0.1000. The zero-order valence-corrected chi connectivity index (χ0v) is 20.5. The van der Waals surface area contributed by atoms with Gasteiger partial charge in [0.15, 0.2) is 17.3 Å². The molecule has 0 saturated heterocycles. The molecule has 4 rings (SSSR count). The first kappa shape index (κ1) is 23.5. The van der Waals surface area contributed by atoms with Gasteiger partial charge < -0.3 is 14.4 Å². The summed E-state index contributed by atoms with van der Waals surface area (Å²) in [6, 6.07) is 7.20. The number of hydrogen-bond acceptors (Lipinski definition) is 8. The lowest BCUT2D eigenvalue weighted by Gasteiger charge is -2.18. The number of ether oxygens (including phenoxy) is 2. The topological polar surface area (TPSA) is 98.7 Å². The second kappa shape index (κ2) is 9.66. The van der Waals surface area contributed by atoms with Crippen LogP contribution in [0.1, 0.15) is 28.6 Å². The second-order valence-corrected chi connectivity index (χ2v) is 11.3. The van der Waals surface area contributed by atoms with Gasteiger partial charge in [0.1, 0.15) is 9.84 Å². The number of sulfone groups is 1. The van der Waals surface area contributed by atoms with E-state index < -0.39 is 9.84 Å². The van der Waals surface area contributed by atoms with Crippen LogP contribution in [0.25, 0.3) is 10.7 Å². The highest BCUT2D eigenvalue weighted by Crippen LogP contribution is 2.39. The van der Waals surface area contributed by atoms with Gasteiger partial charge in [0.25, 0.3) is 5.91 Å². The largest absolute Gasteiger partial charge is 0.493 e. The zero-order valence-electron chi connectivity index (χ0n) is 18.1. The lowest BCUT2D eigenvalue weighted by Crippen LogP contribution is -2.23. The number of hydrogen-bond donors (Lipinski definition) is 0. The number of thiophene rings is 1. The average Bonchev–Trinajstić information content (AvgIpc) is 3.36. The Labute approximate surface area is 201 Å². The Balaban J connectivity index is 1.45. The Morgan fingerprint density at radius 1 is 1.18 bits per heavy atom. The SMILES string of the molecule is CCS(=O)(=O)CCCOc1ccc(N2Cc3cc(-c4ncc(Cl)cn4)sc3C2=O)cc1OC. The number of carbonyl (C=O) groups excluding carboxylic acids is 1. The maximum Gasteiger partial charge on any atom is 0.269 e. The minimum absolute atomic E-state index is 0.0810. The van der Waals surface area contributed by atoms with Gasteiger partial charge in [-0.25, -0.2) is 18.4 Å². The first-order valence-corrected chi connectivity index (χ1v) is 13.3. The number of methoxy groups -OCH3 is 1. The number of fused-ring (bicyclic) bond motifs is 1. The molecule has 0 unspecified atom stereocenters. The van der Waals surface area contributed by atoms with E-state index in [0.717, 1.165) is 10.4 Å². The average molecular weight is 508 g/mol. The Hall–Kier alpha value is -2.69. The van der Waals surface area contributed by atoms with Crippen LogP contribution in [0.3, 0.4) is 0 Å². The van der Waals surface area contributed by atoms with Crippen LogP contribution >= 0.6 is 22.9 Å². The number of carbonyl (C=O) groups is 1. The van der Waals surface area contributed by atoms with Gasteiger partial charge in [0, 0.05) is 29.9 Å². The van der Waals surface area contributed by atoms with Gasteiger partial charge in [-0.2, -0.15) is 0 Å². The zero-order chi connectivity index (χ0) is 23.6. The molecule has 33 heavy (non-hydrogen) atoms. The Bertz CT molecular complexity index is 1280. The summed E-state index contributed by atoms with van der Waals surface area (Å²) < 4.78 is 34.4. The summed E-state index contributed by atoms with van der Waals surface area (Å²) in [5.74, 6) is 1.61. The van der Waals surface area contributed by atoms with Crippen molar-refractivity contribution in [3.05, 3.63) is 52.1 Å². The Morgan fingerprint density at radius 2 is 1.94 bits per heavy atom. The van der Waals surface area contributed by atoms with Gasteiger partial charge >= 0.3 is 0 Å². The normalized spacial score (nSPS) is 13.3. The van der Waals surface area contributed by atoms with E-state index in [1.54, 1.807) is 30.0 Å². The number of halogens is 1. The summed E-state index contributed by atoms with van der Waals surface area (Å²) >= 11 is 7.21. The molecule has 0 bridgehead atoms. The van der Waals surface area contributed by atoms with E-state index >= 15 is 0 Å². The van der Waals surface area contributed by atoms with Crippen molar-refractivity contribution in [2.24, 2.45) is 0 Å². The van der Waals surface area contributed by atoms with Crippen molar-refractivity contribution in [2.45, 2.75) is 19.9 Å². The van der Waals surface area contributed by atoms with E-state index in [1.807, 2.05) is 6.07 Å². The molecule has 1 amide bonds. The van der Waals surface area contributed by atoms with E-state index in [1.165, 1.54) is 30.8 Å². The van der Waals surface area contributed by atoms with Gasteiger partial charge in [-0.1, -0.05) is 18.5 Å². The van der Waals surface area contributed by atoms with Crippen LogP contribution in [0, 0.1) is 0 Å². The number of nitrogens with zero attached hydrogens (tertiary/aromatic N) is 3. The summed E-state index contributed by atoms with van der Waals surface area (Å²) in [5, 5.41) is 0.456. The third-order valence-electron chi connectivity index (χ3n) is 5.17. The third kappa shape index (κ3) is 5.13. The van der Waals surface area contributed by atoms with Gasteiger partial charge in [-0.3, -0.25) is 4.79 Å². The van der Waals surface area contributed by atoms with E-state index in [2.05, 4.69) is 9.97 Å². The molecule has 1 aliphatic heterocycles. The van der Waals surface area contributed by atoms with Crippen molar-refractivity contribution in [1.82, 2.24) is 9.97 Å². The molecule has 0 aliphatic carbocycles. The van der Waals surface area contributed by atoms with E-state index in [4.69, 9.17) is 21.1 Å². The molecule has 8 nitrogen and oxygen atoms in total. The fraction of sp³-hybridized carbons (Fsp3) is 0.318. The second-order valence-electron chi connectivity index (χ2n) is 7.35. The fourth-order valence-electron chi connectivity index (χ4n) is 3.40. The van der Waals surface area contributed by atoms with Crippen LogP contribution in [0.15, 0.2) is 36.7 Å². The highest BCUT2D eigenvalue weighted by atomic mass is 35.5. The molecule has 0 radical (unpaired) electrons. The molecule has 1 aromatic carbocycles. The molecular formula is C22H22ClN3O5S2. The smallest absolute Gasteiger partial charge is 0.269 e. The monoisotopic (exact) mass is 507 g/mol. The highest BCUT2D eigenvalue weighted by Gasteiger charge is 2.32. The van der Waals surface area contributed by atoms with Crippen molar-refractivity contribution >= 4 is 44.4 Å². The van der Waals surface area contributed by atoms with Crippen LogP contribution in [0.4, 0.5) is 5.69 Å². The summed E-state index contributed by atoms with van der Waals surface area (Å²) in [6.45, 7) is 2.31. The van der Waals surface area contributed by atoms with Gasteiger partial charge in [0.2, 0.25) is 0 Å². The van der Waals surface area contributed by atoms with Gasteiger partial charge in [-0.05, 0) is 30.2 Å². The van der Waals surface area contributed by atoms with Crippen LogP contribution < -0.4 is 14.4 Å². The van der Waals surface area contributed by atoms with Crippen molar-refractivity contribution < 1.29 is 22.7 Å². The van der Waals surface area contributed by atoms with Crippen LogP contribution in [-0.4, -0.2) is 49.5 Å². The minimum atomic E-state index is -3.03. The first-order chi connectivity index (χ1) is 15.8. The standard InChI is InChI=1S/C22H22ClN3O5S2/c1-3-33(28,29)8-4-7-31-17-6-5-16(10-18(17)30-2)26-13-14-9-19(32-20(14)22(26)27)21-24-11-15(23)12-25-21/h5-6,9-12H,3-4,7-8,13H2,1-2H3. The molecule has 0 atom stereocenters. The van der Waals surface area contributed by atoms with E-state index in [0.29, 0.717) is 45.9 Å². The summed E-state index contributed by atoms with van der Waals surface area (Å²) in [5.41, 5.74) is 1.60. The van der Waals surface area contributed by atoms with Crippen LogP contribution in [-0.2, 0) is 16.4 Å². The van der Waals surface area contributed by atoms with Gasteiger partial charge in [-0.15, -0.1) is 11.3 Å². The molecule has 174 valence electrons. The van der Waals surface area contributed by atoms with Crippen LogP contribution in [0.2, 0.25) is 5.02 Å². The number of benzene rings is 1. The number of amides is 1. The molecule has 3 aromatic rings. The molecule has 0 N–H and O–H groups in total. The van der Waals surface area contributed by atoms with Gasteiger partial charge in [0.05, 0.1) is 40.8 Å². The maximum absolute atomic E-state index is 13.1. The predicted molar refractivity (Wildman–Crippen MR) is 128 cm³/mol. The van der Waals surface area contributed by atoms with Crippen molar-refractivity contribution in [3.8, 4) is 22.2 Å². The molecule has 0 fully saturated rings. The first-order valence-electron chi connectivity index (χ1n) is 10.2. The van der Waals surface area contributed by atoms with Crippen molar-refractivity contribution in [3.63, 3.8) is 0 Å². The third-order valence-corrected chi connectivity index (χ3v) is 8.32. The van der Waals surface area contributed by atoms with E-state index in [9.17, 15) is 13.2 Å². The van der Waals surface area contributed by atoms with Crippen LogP contribution in [0.5, 0.6) is 11.5 Å². The summed E-state index contributed by atoms with van der Waals surface area (Å²) in [6.07, 6.45) is 3.45. The molecule has 0 spiro atoms. The quantitative estimate of drug-likeness (QED) is 0.399. The lowest BCUT2D eigenvalue weighted by atomic mass is 10.2. The Kier molecular flexibility index (Phi) is 6.87. The predicted octanol–water partition coefficient (Wildman–Crippen LogP) is 4.23. The van der Waals surface area contributed by atoms with Crippen molar-refractivity contribution in [2.75, 3.05) is 30.1 Å². The number of rotatable bonds is 9. The Morgan fingerprint density at radius 3 is 2.61 bits per heavy atom. The molecule has 3 heterocycles. The summed E-state index contributed by atoms with van der Waals surface area (Å²) in [7, 11) is -1.50. The number of aromatic nitrogens is 2. The molecular weight excluding hydrogens is 486 g/mol. The molecule has 2 aromatic heterocycles. The van der Waals surface area contributed by atoms with E-state index in [-0.39, 0.29) is 24.0 Å². The highest BCUT2D eigenvalue weighted by molar-refractivity contribution is 7.91. The van der Waals surface area contributed by atoms with Crippen molar-refractivity contribution in [1.29, 1.82) is 0 Å². The maximum atomic E-state index is 13.1. The molecule has 0 saturated carbocycles. The molecule has 11 heteroatoms. The minimum Gasteiger partial charge on any atom is -0.493 e. The summed E-state index contributed by atoms with van der Waals surface area (Å²) in [4.78, 5) is 24.6. The molecule has 1 aliphatic rings. The fourth-order valence-corrected chi connectivity index (χ4v) is 5.41. The number of anilines is 1.